The van der Waals surface area contributed by atoms with E-state index in [0.29, 0.717) is 12.8 Å². The second kappa shape index (κ2) is 43.9. The highest BCUT2D eigenvalue weighted by molar-refractivity contribution is 7.47. The van der Waals surface area contributed by atoms with Crippen LogP contribution >= 0.6 is 7.82 Å². The van der Waals surface area contributed by atoms with Gasteiger partial charge in [0, 0.05) is 12.8 Å². The Labute approximate surface area is 367 Å². The summed E-state index contributed by atoms with van der Waals surface area (Å²) < 4.78 is 31.6. The normalized spacial score (nSPS) is 15.2. The third kappa shape index (κ3) is 45.2. The Bertz CT molecular complexity index is 1400. The smallest absolute Gasteiger partial charge is 0.463 e. The molecule has 61 heavy (non-hydrogen) atoms. The van der Waals surface area contributed by atoms with Gasteiger partial charge in [-0.25, -0.2) is 4.57 Å². The van der Waals surface area contributed by atoms with Gasteiger partial charge in [0.2, 0.25) is 0 Å². The third-order valence-corrected chi connectivity index (χ3v) is 8.91. The number of ether oxygens (including phenoxy) is 2. The van der Waals surface area contributed by atoms with Crippen molar-refractivity contribution in [2.45, 2.75) is 129 Å². The maximum Gasteiger partial charge on any atom is 0.472 e. The van der Waals surface area contributed by atoms with Crippen LogP contribution in [0.4, 0.5) is 0 Å². The standard InChI is InChI=1S/C50H75O10P/c1-3-5-7-9-11-13-15-17-19-21-23-25-27-29-31-33-35-37-39-41-49(53)57-43-47(51)45-59-61(55,56)60-46-48(52)44-58-50(54)42-40-38-36-34-32-30-28-26-24-22-20-18-16-14-12-10-8-6-4-2/h5-8,11-14,17-20,23-26,29-32,35-38,47-48,51-52H,3-4,9-10,15-16,21-22,27-28,33-34,39-46H2,1-2H3,(H,55,56)/b7-5-,8-6-,13-11-,14-12-,19-17-,20-18-,25-23-,26-24-,31-29-,32-30-,37-35-,38-36-/i43+1,44+1,45+1,46+1,47+1,48+1. The topological polar surface area (TPSA) is 149 Å². The Morgan fingerprint density at radius 3 is 0.885 bits per heavy atom. The Balaban J connectivity index is 3.92. The fourth-order valence-corrected chi connectivity index (χ4v) is 5.49. The maximum atomic E-state index is 12.1. The van der Waals surface area contributed by atoms with Gasteiger partial charge in [0.15, 0.2) is 0 Å². The van der Waals surface area contributed by atoms with Crippen molar-refractivity contribution in [3.63, 3.8) is 0 Å². The van der Waals surface area contributed by atoms with E-state index in [-0.39, 0.29) is 12.8 Å². The molecule has 0 saturated carbocycles. The zero-order chi connectivity index (χ0) is 44.8. The molecule has 2 unspecified atom stereocenters. The zero-order valence-electron chi connectivity index (χ0n) is 36.8. The first kappa shape index (κ1) is 56.9. The fraction of sp³-hybridized carbons (Fsp3) is 0.480. The molecule has 11 heteroatoms. The molecule has 340 valence electrons. The molecule has 0 amide bonds. The van der Waals surface area contributed by atoms with E-state index < -0.39 is 58.4 Å². The average Bonchev–Trinajstić information content (AvgIpc) is 3.25. The highest BCUT2D eigenvalue weighted by Crippen LogP contribution is 2.43. The van der Waals surface area contributed by atoms with Crippen LogP contribution in [0.5, 0.6) is 0 Å². The van der Waals surface area contributed by atoms with Gasteiger partial charge in [-0.3, -0.25) is 18.6 Å². The predicted octanol–water partition coefficient (Wildman–Crippen LogP) is 11.9. The van der Waals surface area contributed by atoms with Crippen LogP contribution in [0.1, 0.15) is 117 Å². The number of aliphatic hydroxyl groups excluding tert-OH is 2. The third-order valence-electron chi connectivity index (χ3n) is 7.96. The van der Waals surface area contributed by atoms with Crippen molar-refractivity contribution in [2.75, 3.05) is 26.4 Å². The van der Waals surface area contributed by atoms with E-state index >= 15 is 0 Å². The lowest BCUT2D eigenvalue weighted by Crippen LogP contribution is -2.25. The lowest BCUT2D eigenvalue weighted by molar-refractivity contribution is -0.147. The van der Waals surface area contributed by atoms with Gasteiger partial charge >= 0.3 is 19.8 Å². The number of hydrogen-bond acceptors (Lipinski definition) is 9. The van der Waals surface area contributed by atoms with Crippen LogP contribution in [0.25, 0.3) is 0 Å². The molecule has 0 aromatic carbocycles. The van der Waals surface area contributed by atoms with Crippen LogP contribution < -0.4 is 0 Å². The van der Waals surface area contributed by atoms with Gasteiger partial charge in [-0.05, 0) is 89.9 Å². The van der Waals surface area contributed by atoms with E-state index in [1.165, 1.54) is 0 Å². The van der Waals surface area contributed by atoms with Crippen molar-refractivity contribution in [3.05, 3.63) is 146 Å². The van der Waals surface area contributed by atoms with E-state index in [9.17, 15) is 29.3 Å². The molecule has 0 rings (SSSR count). The minimum absolute atomic E-state index is 0.113. The van der Waals surface area contributed by atoms with Crippen molar-refractivity contribution in [2.24, 2.45) is 0 Å². The monoisotopic (exact) mass is 873 g/mol. The summed E-state index contributed by atoms with van der Waals surface area (Å²) in [6.07, 6.45) is 60.0. The summed E-state index contributed by atoms with van der Waals surface area (Å²) >= 11 is 0. The number of allylic oxidation sites excluding steroid dienone is 24. The Morgan fingerprint density at radius 1 is 0.410 bits per heavy atom. The van der Waals surface area contributed by atoms with Gasteiger partial charge in [0.1, 0.15) is 25.4 Å². The number of phosphoric acid groups is 1. The van der Waals surface area contributed by atoms with E-state index in [2.05, 4.69) is 135 Å². The quantitative estimate of drug-likeness (QED) is 0.0237. The van der Waals surface area contributed by atoms with E-state index in [1.807, 2.05) is 24.3 Å². The lowest BCUT2D eigenvalue weighted by Gasteiger charge is -2.17. The summed E-state index contributed by atoms with van der Waals surface area (Å²) in [5, 5.41) is 20.0. The number of phosphoric ester groups is 1. The van der Waals surface area contributed by atoms with Crippen LogP contribution in [-0.2, 0) is 32.7 Å². The van der Waals surface area contributed by atoms with Gasteiger partial charge < -0.3 is 24.6 Å². The summed E-state index contributed by atoms with van der Waals surface area (Å²) in [6.45, 7) is 2.11. The van der Waals surface area contributed by atoms with Crippen LogP contribution in [-0.4, -0.2) is 65.7 Å². The molecule has 0 saturated heterocycles. The van der Waals surface area contributed by atoms with E-state index in [0.717, 1.165) is 77.0 Å². The highest BCUT2D eigenvalue weighted by Gasteiger charge is 2.25. The molecule has 0 aliphatic heterocycles. The molecule has 0 aliphatic carbocycles. The molecular weight excluding hydrogens is 797 g/mol. The molecule has 0 aliphatic rings. The number of carbonyl (C=O) groups is 2. The van der Waals surface area contributed by atoms with Crippen molar-refractivity contribution < 1.29 is 47.8 Å². The zero-order valence-corrected chi connectivity index (χ0v) is 37.7. The van der Waals surface area contributed by atoms with Crippen LogP contribution in [0.15, 0.2) is 146 Å². The molecule has 10 nitrogen and oxygen atoms in total. The summed E-state index contributed by atoms with van der Waals surface area (Å²) in [5.74, 6) is -1.06. The first-order valence-corrected chi connectivity index (χ1v) is 23.3. The Morgan fingerprint density at radius 2 is 0.639 bits per heavy atom. The largest absolute Gasteiger partial charge is 0.472 e. The van der Waals surface area contributed by atoms with Crippen LogP contribution in [0.3, 0.4) is 0 Å². The minimum Gasteiger partial charge on any atom is -0.463 e. The summed E-state index contributed by atoms with van der Waals surface area (Å²) in [7, 11) is -4.65. The molecule has 0 aromatic rings. The predicted molar refractivity (Wildman–Crippen MR) is 251 cm³/mol. The Hall–Kier alpha value is -4.15. The molecule has 2 atom stereocenters. The molecule has 0 aromatic heterocycles. The van der Waals surface area contributed by atoms with E-state index in [4.69, 9.17) is 18.5 Å². The van der Waals surface area contributed by atoms with Crippen LogP contribution in [0, 0.1) is 0 Å². The highest BCUT2D eigenvalue weighted by atomic mass is 31.2. The van der Waals surface area contributed by atoms with Crippen molar-refractivity contribution in [3.8, 4) is 0 Å². The molecule has 0 spiro atoms. The number of hydrogen-bond donors (Lipinski definition) is 3. The second-order valence-corrected chi connectivity index (χ2v) is 15.1. The van der Waals surface area contributed by atoms with Crippen molar-refractivity contribution in [1.29, 1.82) is 0 Å². The van der Waals surface area contributed by atoms with Gasteiger partial charge in [-0.1, -0.05) is 160 Å². The minimum atomic E-state index is -4.65. The summed E-state index contributed by atoms with van der Waals surface area (Å²) in [6, 6.07) is 0. The first-order chi connectivity index (χ1) is 29.7. The van der Waals surface area contributed by atoms with E-state index in [1.54, 1.807) is 0 Å². The van der Waals surface area contributed by atoms with Gasteiger partial charge in [0.25, 0.3) is 0 Å². The fourth-order valence-electron chi connectivity index (χ4n) is 4.70. The molecule has 0 heterocycles. The van der Waals surface area contributed by atoms with Gasteiger partial charge in [-0.15, -0.1) is 0 Å². The van der Waals surface area contributed by atoms with Crippen molar-refractivity contribution >= 4 is 19.8 Å². The van der Waals surface area contributed by atoms with Crippen molar-refractivity contribution in [1.82, 2.24) is 0 Å². The maximum absolute atomic E-state index is 12.1. The average molecular weight is 873 g/mol. The van der Waals surface area contributed by atoms with Crippen LogP contribution in [0.2, 0.25) is 0 Å². The number of rotatable bonds is 38. The first-order valence-electron chi connectivity index (χ1n) is 21.8. The molecule has 3 N–H and O–H groups in total. The Kier molecular flexibility index (Phi) is 40.9. The SMILES string of the molecule is CC/C=C\C/C=C\C/C=C\C/C=C\C/C=C\C/C=C\CCC(=O)O[13CH2][13CH](O)[13CH2]OP(=O)(O)O[13CH2][13CH](O)[13CH2]OC(=O)CC/C=C\C/C=C\C/C=C\C/C=C\C/C=C\C/C=C\CC. The lowest BCUT2D eigenvalue weighted by atomic mass is 10.2. The number of carbonyl (C=O) groups excluding carboxylic acids is 2. The number of esters is 2. The van der Waals surface area contributed by atoms with Gasteiger partial charge in [-0.2, -0.15) is 0 Å². The molecule has 0 bridgehead atoms. The second-order valence-electron chi connectivity index (χ2n) is 13.6. The summed E-state index contributed by atoms with van der Waals surface area (Å²) in [5.41, 5.74) is 0. The summed E-state index contributed by atoms with van der Waals surface area (Å²) in [4.78, 5) is 33.8. The molecular formula is C50H75O10P. The molecule has 0 radical (unpaired) electrons. The molecule has 0 fully saturated rings. The number of aliphatic hydroxyl groups is 2. The van der Waals surface area contributed by atoms with Gasteiger partial charge in [0.05, 0.1) is 13.2 Å².